The summed E-state index contributed by atoms with van der Waals surface area (Å²) in [6.45, 7) is 9.61. The summed E-state index contributed by atoms with van der Waals surface area (Å²) in [4.78, 5) is 14.2. The van der Waals surface area contributed by atoms with Crippen LogP contribution in [0, 0.1) is 12.8 Å². The lowest BCUT2D eigenvalue weighted by atomic mass is 10.0. The molecule has 1 unspecified atom stereocenters. The largest absolute Gasteiger partial charge is 0.356 e. The third-order valence-corrected chi connectivity index (χ3v) is 4.73. The molecule has 0 spiro atoms. The van der Waals surface area contributed by atoms with Gasteiger partial charge in [0.1, 0.15) is 10.6 Å². The van der Waals surface area contributed by atoms with Gasteiger partial charge in [-0.25, -0.2) is 4.98 Å². The summed E-state index contributed by atoms with van der Waals surface area (Å²) in [5.41, 5.74) is 0. The van der Waals surface area contributed by atoms with Crippen molar-refractivity contribution in [3.05, 3.63) is 10.9 Å². The van der Waals surface area contributed by atoms with Gasteiger partial charge in [0.2, 0.25) is 5.95 Å². The van der Waals surface area contributed by atoms with Crippen molar-refractivity contribution < 1.29 is 0 Å². The first-order chi connectivity index (χ1) is 9.67. The molecule has 1 N–H and O–H groups in total. The van der Waals surface area contributed by atoms with E-state index in [0.717, 1.165) is 42.1 Å². The van der Waals surface area contributed by atoms with E-state index >= 15 is 0 Å². The van der Waals surface area contributed by atoms with Gasteiger partial charge < -0.3 is 10.2 Å². The Kier molecular flexibility index (Phi) is 3.78. The minimum Gasteiger partial charge on any atom is -0.356 e. The van der Waals surface area contributed by atoms with Gasteiger partial charge in [-0.3, -0.25) is 0 Å². The first-order valence-electron chi connectivity index (χ1n) is 7.44. The fourth-order valence-corrected chi connectivity index (χ4v) is 3.76. The normalized spacial score (nSPS) is 19.6. The van der Waals surface area contributed by atoms with Crippen LogP contribution in [0.15, 0.2) is 6.07 Å². The van der Waals surface area contributed by atoms with Crippen LogP contribution in [0.4, 0.5) is 11.8 Å². The van der Waals surface area contributed by atoms with Crippen LogP contribution in [-0.2, 0) is 0 Å². The third-order valence-electron chi connectivity index (χ3n) is 3.79. The molecule has 0 bridgehead atoms. The number of aryl methyl sites for hydroxylation is 1. The summed E-state index contributed by atoms with van der Waals surface area (Å²) in [6, 6.07) is 2.23. The molecule has 2 aromatic heterocycles. The molecule has 20 heavy (non-hydrogen) atoms. The Bertz CT molecular complexity index is 607. The van der Waals surface area contributed by atoms with Crippen molar-refractivity contribution in [3.8, 4) is 0 Å². The van der Waals surface area contributed by atoms with Crippen LogP contribution < -0.4 is 10.2 Å². The molecule has 1 atom stereocenters. The number of hydrogen-bond acceptors (Lipinski definition) is 5. The Balaban J connectivity index is 2.06. The molecule has 0 aromatic carbocycles. The zero-order valence-electron chi connectivity index (χ0n) is 12.4. The molecule has 0 radical (unpaired) electrons. The van der Waals surface area contributed by atoms with Crippen molar-refractivity contribution in [2.75, 3.05) is 29.9 Å². The van der Waals surface area contributed by atoms with Gasteiger partial charge in [0.25, 0.3) is 0 Å². The second kappa shape index (κ2) is 5.56. The van der Waals surface area contributed by atoms with Crippen LogP contribution in [0.3, 0.4) is 0 Å². The highest BCUT2D eigenvalue weighted by Crippen LogP contribution is 2.33. The molecule has 1 aliphatic rings. The Labute approximate surface area is 124 Å². The molecule has 1 aliphatic heterocycles. The Morgan fingerprint density at radius 2 is 2.30 bits per heavy atom. The van der Waals surface area contributed by atoms with E-state index in [1.165, 1.54) is 23.1 Å². The van der Waals surface area contributed by atoms with Gasteiger partial charge in [0, 0.05) is 24.5 Å². The van der Waals surface area contributed by atoms with E-state index in [4.69, 9.17) is 4.98 Å². The summed E-state index contributed by atoms with van der Waals surface area (Å²) in [5, 5.41) is 4.47. The van der Waals surface area contributed by atoms with Crippen molar-refractivity contribution in [1.82, 2.24) is 9.97 Å². The van der Waals surface area contributed by atoms with Crippen molar-refractivity contribution in [1.29, 1.82) is 0 Å². The maximum Gasteiger partial charge on any atom is 0.226 e. The van der Waals surface area contributed by atoms with E-state index in [1.54, 1.807) is 11.3 Å². The van der Waals surface area contributed by atoms with Crippen molar-refractivity contribution in [2.45, 2.75) is 33.6 Å². The summed E-state index contributed by atoms with van der Waals surface area (Å²) in [5.74, 6) is 2.62. The number of nitrogens with zero attached hydrogens (tertiary/aromatic N) is 3. The minimum atomic E-state index is 0.746. The zero-order valence-corrected chi connectivity index (χ0v) is 13.3. The van der Waals surface area contributed by atoms with E-state index in [9.17, 15) is 0 Å². The molecule has 3 heterocycles. The highest BCUT2D eigenvalue weighted by molar-refractivity contribution is 7.18. The van der Waals surface area contributed by atoms with Crippen LogP contribution in [0.5, 0.6) is 0 Å². The molecule has 108 valence electrons. The first kappa shape index (κ1) is 13.6. The SMILES string of the molecule is CCNc1nc(N2CCCC(C)C2)c2cc(C)sc2n1. The van der Waals surface area contributed by atoms with E-state index < -0.39 is 0 Å². The standard InChI is InChI=1S/C15H22N4S/c1-4-16-15-17-13(19-7-5-6-10(2)9-19)12-8-11(3)20-14(12)18-15/h8,10H,4-7,9H2,1-3H3,(H,16,17,18). The van der Waals surface area contributed by atoms with E-state index in [2.05, 4.69) is 42.0 Å². The number of piperidine rings is 1. The van der Waals surface area contributed by atoms with Gasteiger partial charge >= 0.3 is 0 Å². The Morgan fingerprint density at radius 3 is 3.05 bits per heavy atom. The number of hydrogen-bond donors (Lipinski definition) is 1. The lowest BCUT2D eigenvalue weighted by molar-refractivity contribution is 0.445. The molecular formula is C15H22N4S. The van der Waals surface area contributed by atoms with Crippen LogP contribution >= 0.6 is 11.3 Å². The Hall–Kier alpha value is -1.36. The smallest absolute Gasteiger partial charge is 0.226 e. The Morgan fingerprint density at radius 1 is 1.45 bits per heavy atom. The average molecular weight is 290 g/mol. The highest BCUT2D eigenvalue weighted by atomic mass is 32.1. The molecule has 0 saturated carbocycles. The summed E-state index contributed by atoms with van der Waals surface area (Å²) >= 11 is 1.75. The van der Waals surface area contributed by atoms with E-state index in [1.807, 2.05) is 0 Å². The summed E-state index contributed by atoms with van der Waals surface area (Å²) < 4.78 is 0. The maximum absolute atomic E-state index is 4.77. The molecular weight excluding hydrogens is 268 g/mol. The number of anilines is 2. The summed E-state index contributed by atoms with van der Waals surface area (Å²) in [7, 11) is 0. The topological polar surface area (TPSA) is 41.1 Å². The van der Waals surface area contributed by atoms with Gasteiger partial charge in [-0.2, -0.15) is 4.98 Å². The number of fused-ring (bicyclic) bond motifs is 1. The molecule has 5 heteroatoms. The maximum atomic E-state index is 4.77. The fourth-order valence-electron chi connectivity index (χ4n) is 2.89. The van der Waals surface area contributed by atoms with Gasteiger partial charge in [-0.05, 0) is 38.7 Å². The number of nitrogens with one attached hydrogen (secondary N) is 1. The molecule has 1 saturated heterocycles. The van der Waals surface area contributed by atoms with Crippen molar-refractivity contribution >= 4 is 33.3 Å². The molecule has 1 fully saturated rings. The molecule has 0 amide bonds. The van der Waals surface area contributed by atoms with Crippen molar-refractivity contribution in [3.63, 3.8) is 0 Å². The van der Waals surface area contributed by atoms with Crippen LogP contribution in [0.2, 0.25) is 0 Å². The molecule has 3 rings (SSSR count). The number of rotatable bonds is 3. The molecule has 4 nitrogen and oxygen atoms in total. The molecule has 2 aromatic rings. The lowest BCUT2D eigenvalue weighted by Gasteiger charge is -2.32. The van der Waals surface area contributed by atoms with Gasteiger partial charge in [0.15, 0.2) is 0 Å². The zero-order chi connectivity index (χ0) is 14.1. The van der Waals surface area contributed by atoms with Crippen LogP contribution in [0.1, 0.15) is 31.6 Å². The predicted octanol–water partition coefficient (Wildman–Crippen LogP) is 3.67. The quantitative estimate of drug-likeness (QED) is 0.936. The van der Waals surface area contributed by atoms with Crippen LogP contribution in [0.25, 0.3) is 10.2 Å². The number of thiophene rings is 1. The third kappa shape index (κ3) is 2.59. The van der Waals surface area contributed by atoms with Gasteiger partial charge in [-0.15, -0.1) is 11.3 Å². The van der Waals surface area contributed by atoms with Crippen LogP contribution in [-0.4, -0.2) is 29.6 Å². The fraction of sp³-hybridized carbons (Fsp3) is 0.600. The van der Waals surface area contributed by atoms with E-state index in [-0.39, 0.29) is 0 Å². The minimum absolute atomic E-state index is 0.746. The van der Waals surface area contributed by atoms with E-state index in [0.29, 0.717) is 0 Å². The highest BCUT2D eigenvalue weighted by Gasteiger charge is 2.21. The predicted molar refractivity (Wildman–Crippen MR) is 86.9 cm³/mol. The van der Waals surface area contributed by atoms with Gasteiger partial charge in [-0.1, -0.05) is 6.92 Å². The molecule has 0 aliphatic carbocycles. The summed E-state index contributed by atoms with van der Waals surface area (Å²) in [6.07, 6.45) is 2.58. The van der Waals surface area contributed by atoms with Crippen molar-refractivity contribution in [2.24, 2.45) is 5.92 Å². The second-order valence-corrected chi connectivity index (χ2v) is 6.91. The average Bonchev–Trinajstić information content (AvgIpc) is 2.78. The second-order valence-electron chi connectivity index (χ2n) is 5.67. The number of aromatic nitrogens is 2. The first-order valence-corrected chi connectivity index (χ1v) is 8.26. The van der Waals surface area contributed by atoms with Gasteiger partial charge in [0.05, 0.1) is 5.39 Å². The lowest BCUT2D eigenvalue weighted by Crippen LogP contribution is -2.35. The monoisotopic (exact) mass is 290 g/mol.